The first-order chi connectivity index (χ1) is 24.7. The molecule has 0 saturated heterocycles. The summed E-state index contributed by atoms with van der Waals surface area (Å²) in [6, 6.07) is 0. The molecule has 4 aliphatic carbocycles. The minimum Gasteiger partial charge on any atom is -0.462 e. The second-order valence-corrected chi connectivity index (χ2v) is 19.8. The minimum atomic E-state index is 0.0674. The molecule has 51 heavy (non-hydrogen) atoms. The molecule has 0 aromatic rings. The van der Waals surface area contributed by atoms with Gasteiger partial charge >= 0.3 is 5.97 Å². The van der Waals surface area contributed by atoms with Crippen LogP contribution < -0.4 is 0 Å². The van der Waals surface area contributed by atoms with Crippen molar-refractivity contribution in [3.8, 4) is 0 Å². The van der Waals surface area contributed by atoms with Crippen molar-refractivity contribution in [2.75, 3.05) is 0 Å². The standard InChI is InChI=1S/C49H88O2/c1-7-8-9-10-11-12-13-14-15-16-17-18-19-20-21-22-23-24-25-29-47(50)51-42-34-36-48(5)41(38-42)30-31-43-45-33-32-44(40(4)28-26-27-39(2)3)49(45,6)37-35-46(43)48/h30,39-40,42-46H,7-29,31-38H2,1-6H3/t40-,42-,43+,44-,45-,46-,48+,49-/m1/s1. The normalized spacial score (nSPS) is 30.8. The molecule has 0 amide bonds. The number of allylic oxidation sites excluding steroid dienone is 1. The summed E-state index contributed by atoms with van der Waals surface area (Å²) in [7, 11) is 0. The fourth-order valence-electron chi connectivity index (χ4n) is 12.3. The summed E-state index contributed by atoms with van der Waals surface area (Å²) in [6.45, 7) is 15.0. The van der Waals surface area contributed by atoms with E-state index in [0.29, 0.717) is 17.3 Å². The first-order valence-corrected chi connectivity index (χ1v) is 23.6. The van der Waals surface area contributed by atoms with Crippen molar-refractivity contribution < 1.29 is 9.53 Å². The van der Waals surface area contributed by atoms with Gasteiger partial charge in [0.05, 0.1) is 0 Å². The van der Waals surface area contributed by atoms with E-state index in [1.165, 1.54) is 173 Å². The zero-order valence-corrected chi connectivity index (χ0v) is 35.4. The second-order valence-electron chi connectivity index (χ2n) is 19.8. The average Bonchev–Trinajstić information content (AvgIpc) is 3.46. The van der Waals surface area contributed by atoms with Gasteiger partial charge in [-0.15, -0.1) is 0 Å². The van der Waals surface area contributed by atoms with E-state index in [-0.39, 0.29) is 12.1 Å². The van der Waals surface area contributed by atoms with E-state index in [1.807, 2.05) is 0 Å². The van der Waals surface area contributed by atoms with Crippen LogP contribution in [-0.2, 0) is 9.53 Å². The summed E-state index contributed by atoms with van der Waals surface area (Å²) in [5, 5.41) is 0. The van der Waals surface area contributed by atoms with Crippen LogP contribution in [-0.4, -0.2) is 12.1 Å². The van der Waals surface area contributed by atoms with Gasteiger partial charge in [0.25, 0.3) is 0 Å². The maximum absolute atomic E-state index is 12.9. The van der Waals surface area contributed by atoms with E-state index in [0.717, 1.165) is 54.8 Å². The third-order valence-electron chi connectivity index (χ3n) is 15.5. The maximum atomic E-state index is 12.9. The van der Waals surface area contributed by atoms with Gasteiger partial charge in [0.1, 0.15) is 6.10 Å². The highest BCUT2D eigenvalue weighted by Crippen LogP contribution is 2.67. The topological polar surface area (TPSA) is 26.3 Å². The molecule has 296 valence electrons. The maximum Gasteiger partial charge on any atom is 0.306 e. The van der Waals surface area contributed by atoms with Gasteiger partial charge < -0.3 is 4.74 Å². The monoisotopic (exact) mass is 709 g/mol. The number of ether oxygens (including phenoxy) is 1. The Morgan fingerprint density at radius 1 is 0.686 bits per heavy atom. The molecule has 0 radical (unpaired) electrons. The lowest BCUT2D eigenvalue weighted by Gasteiger charge is -2.58. The fourth-order valence-corrected chi connectivity index (χ4v) is 12.3. The van der Waals surface area contributed by atoms with E-state index in [1.54, 1.807) is 5.57 Å². The highest BCUT2D eigenvalue weighted by molar-refractivity contribution is 5.69. The van der Waals surface area contributed by atoms with Gasteiger partial charge in [-0.25, -0.2) is 0 Å². The van der Waals surface area contributed by atoms with Crippen molar-refractivity contribution in [1.82, 2.24) is 0 Å². The second kappa shape index (κ2) is 22.6. The van der Waals surface area contributed by atoms with E-state index in [9.17, 15) is 4.79 Å². The predicted molar refractivity (Wildman–Crippen MR) is 221 cm³/mol. The van der Waals surface area contributed by atoms with Crippen molar-refractivity contribution >= 4 is 5.97 Å². The van der Waals surface area contributed by atoms with Crippen LogP contribution in [0.2, 0.25) is 0 Å². The average molecular weight is 709 g/mol. The zero-order valence-electron chi connectivity index (χ0n) is 35.4. The third-order valence-corrected chi connectivity index (χ3v) is 15.5. The summed E-state index contributed by atoms with van der Waals surface area (Å²) in [4.78, 5) is 12.9. The summed E-state index contributed by atoms with van der Waals surface area (Å²) in [5.74, 6) is 5.34. The molecule has 8 atom stereocenters. The van der Waals surface area contributed by atoms with E-state index < -0.39 is 0 Å². The quantitative estimate of drug-likeness (QED) is 0.0508. The summed E-state index contributed by atoms with van der Waals surface area (Å²) < 4.78 is 6.15. The van der Waals surface area contributed by atoms with Gasteiger partial charge in [0.15, 0.2) is 0 Å². The molecule has 0 unspecified atom stereocenters. The summed E-state index contributed by atoms with van der Waals surface area (Å²) >= 11 is 0. The predicted octanol–water partition coefficient (Wildman–Crippen LogP) is 15.8. The van der Waals surface area contributed by atoms with Crippen molar-refractivity contribution in [1.29, 1.82) is 0 Å². The molecule has 2 nitrogen and oxygen atoms in total. The molecule has 0 spiro atoms. The van der Waals surface area contributed by atoms with E-state index in [4.69, 9.17) is 4.74 Å². The van der Waals surface area contributed by atoms with Gasteiger partial charge in [-0.3, -0.25) is 4.79 Å². The lowest BCUT2D eigenvalue weighted by Crippen LogP contribution is -2.51. The summed E-state index contributed by atoms with van der Waals surface area (Å²) in [6.07, 6.45) is 44.3. The molecule has 0 bridgehead atoms. The van der Waals surface area contributed by atoms with Gasteiger partial charge in [-0.05, 0) is 97.7 Å². The molecule has 0 aromatic carbocycles. The van der Waals surface area contributed by atoms with Gasteiger partial charge in [0, 0.05) is 12.8 Å². The number of rotatable bonds is 26. The van der Waals surface area contributed by atoms with E-state index >= 15 is 0 Å². The fraction of sp³-hybridized carbons (Fsp3) is 0.939. The Morgan fingerprint density at radius 3 is 1.82 bits per heavy atom. The van der Waals surface area contributed by atoms with Gasteiger partial charge in [-0.1, -0.05) is 188 Å². The molecular formula is C49H88O2. The Bertz CT molecular complexity index is 996. The molecular weight excluding hydrogens is 621 g/mol. The van der Waals surface area contributed by atoms with Crippen molar-refractivity contribution in [2.24, 2.45) is 46.3 Å². The molecule has 0 heterocycles. The minimum absolute atomic E-state index is 0.0674. The number of carbonyl (C=O) groups is 1. The number of fused-ring (bicyclic) bond motifs is 5. The lowest BCUT2D eigenvalue weighted by molar-refractivity contribution is -0.151. The molecule has 0 N–H and O–H groups in total. The van der Waals surface area contributed by atoms with Gasteiger partial charge in [-0.2, -0.15) is 0 Å². The Labute approximate surface area is 319 Å². The number of hydrogen-bond donors (Lipinski definition) is 0. The third kappa shape index (κ3) is 12.9. The van der Waals surface area contributed by atoms with Crippen molar-refractivity contribution in [3.05, 3.63) is 11.6 Å². The largest absolute Gasteiger partial charge is 0.462 e. The first kappa shape index (κ1) is 42.9. The van der Waals surface area contributed by atoms with Crippen LogP contribution in [0.3, 0.4) is 0 Å². The highest BCUT2D eigenvalue weighted by Gasteiger charge is 2.59. The molecule has 0 aromatic heterocycles. The molecule has 0 aliphatic heterocycles. The van der Waals surface area contributed by atoms with E-state index in [2.05, 4.69) is 47.6 Å². The number of carbonyl (C=O) groups excluding carboxylic acids is 1. The van der Waals surface area contributed by atoms with Crippen LogP contribution in [0.1, 0.15) is 241 Å². The smallest absolute Gasteiger partial charge is 0.306 e. The van der Waals surface area contributed by atoms with Crippen LogP contribution in [0, 0.1) is 46.3 Å². The Hall–Kier alpha value is -0.790. The Balaban J connectivity index is 1.03. The zero-order chi connectivity index (χ0) is 36.5. The molecule has 3 fully saturated rings. The number of esters is 1. The molecule has 3 saturated carbocycles. The van der Waals surface area contributed by atoms with Crippen LogP contribution in [0.15, 0.2) is 11.6 Å². The Kier molecular flexibility index (Phi) is 19.0. The molecule has 4 rings (SSSR count). The summed E-state index contributed by atoms with van der Waals surface area (Å²) in [5.41, 5.74) is 2.54. The number of unbranched alkanes of at least 4 members (excludes halogenated alkanes) is 18. The van der Waals surface area contributed by atoms with Crippen LogP contribution in [0.25, 0.3) is 0 Å². The highest BCUT2D eigenvalue weighted by atomic mass is 16.5. The number of hydrogen-bond acceptors (Lipinski definition) is 2. The van der Waals surface area contributed by atoms with Crippen LogP contribution in [0.5, 0.6) is 0 Å². The van der Waals surface area contributed by atoms with Crippen LogP contribution >= 0.6 is 0 Å². The lowest BCUT2D eigenvalue weighted by atomic mass is 9.47. The molecule has 4 aliphatic rings. The van der Waals surface area contributed by atoms with Gasteiger partial charge in [0.2, 0.25) is 0 Å². The Morgan fingerprint density at radius 2 is 1.25 bits per heavy atom. The first-order valence-electron chi connectivity index (χ1n) is 23.6. The SMILES string of the molecule is CCCCCCCCCCCCCCCCCCCCCC(=O)O[C@@H]1CC[C@@]2(C)C(=CC[C@H]3[C@H]4CC[C@H]([C@H](C)CCCC(C)C)[C@@]4(C)CC[C@H]32)C1. The van der Waals surface area contributed by atoms with Crippen molar-refractivity contribution in [2.45, 2.75) is 247 Å². The van der Waals surface area contributed by atoms with Crippen molar-refractivity contribution in [3.63, 3.8) is 0 Å². The molecule has 2 heteroatoms. The van der Waals surface area contributed by atoms with Crippen LogP contribution in [0.4, 0.5) is 0 Å².